The highest BCUT2D eigenvalue weighted by Crippen LogP contribution is 2.34. The molecule has 1 amide bonds. The van der Waals surface area contributed by atoms with Crippen LogP contribution in [0.15, 0.2) is 30.3 Å². The van der Waals surface area contributed by atoms with Crippen LogP contribution in [0.3, 0.4) is 0 Å². The quantitative estimate of drug-likeness (QED) is 0.688. The van der Waals surface area contributed by atoms with Crippen molar-refractivity contribution >= 4 is 21.6 Å². The van der Waals surface area contributed by atoms with Crippen LogP contribution in [-0.2, 0) is 21.3 Å². The summed E-state index contributed by atoms with van der Waals surface area (Å²) in [5.74, 6) is -0.0545. The van der Waals surface area contributed by atoms with E-state index in [1.807, 2.05) is 65.0 Å². The van der Waals surface area contributed by atoms with Gasteiger partial charge in [-0.2, -0.15) is 5.10 Å². The summed E-state index contributed by atoms with van der Waals surface area (Å²) in [6, 6.07) is 9.85. The first-order valence-corrected chi connectivity index (χ1v) is 11.7. The van der Waals surface area contributed by atoms with Crippen LogP contribution in [0.4, 0.5) is 5.82 Å². The van der Waals surface area contributed by atoms with E-state index in [9.17, 15) is 13.2 Å². The summed E-state index contributed by atoms with van der Waals surface area (Å²) >= 11 is 0. The topological polar surface area (TPSA) is 81.1 Å². The average Bonchev–Trinajstić information content (AvgIpc) is 3.09. The van der Waals surface area contributed by atoms with Gasteiger partial charge in [-0.1, -0.05) is 23.8 Å². The number of nitrogens with zero attached hydrogens (tertiary/aromatic N) is 2. The second kappa shape index (κ2) is 7.09. The van der Waals surface area contributed by atoms with Gasteiger partial charge in [0, 0.05) is 11.1 Å². The van der Waals surface area contributed by atoms with E-state index in [0.29, 0.717) is 22.6 Å². The fourth-order valence-corrected chi connectivity index (χ4v) is 5.62. The third-order valence-corrected chi connectivity index (χ3v) is 7.10. The van der Waals surface area contributed by atoms with E-state index in [0.717, 1.165) is 33.5 Å². The average molecular weight is 424 g/mol. The minimum Gasteiger partial charge on any atom is -0.306 e. The SMILES string of the molecule is Cc1cc(C)c(C(=O)Nc2c3c(nn2-c2ccc(C)c(C)c2)CS(=O)(=O)C3)c(C)c1. The van der Waals surface area contributed by atoms with Crippen molar-refractivity contribution in [1.82, 2.24) is 9.78 Å². The molecule has 30 heavy (non-hydrogen) atoms. The maximum atomic E-state index is 13.2. The highest BCUT2D eigenvalue weighted by Gasteiger charge is 2.33. The van der Waals surface area contributed by atoms with Gasteiger partial charge in [0.05, 0.1) is 22.9 Å². The number of benzene rings is 2. The molecule has 2 heterocycles. The summed E-state index contributed by atoms with van der Waals surface area (Å²) < 4.78 is 26.0. The third kappa shape index (κ3) is 3.54. The molecule has 6 nitrogen and oxygen atoms in total. The van der Waals surface area contributed by atoms with Crippen LogP contribution in [0, 0.1) is 34.6 Å². The Hall–Kier alpha value is -2.93. The Morgan fingerprint density at radius 3 is 2.23 bits per heavy atom. The van der Waals surface area contributed by atoms with Crippen LogP contribution in [0.5, 0.6) is 0 Å². The molecule has 2 aromatic carbocycles. The molecule has 0 radical (unpaired) electrons. The number of hydrogen-bond donors (Lipinski definition) is 1. The standard InChI is InChI=1S/C23H25N3O3S/c1-13-8-16(4)21(17(5)9-13)23(27)24-22-19-11-30(28,29)12-20(19)25-26(22)18-7-6-14(2)15(3)10-18/h6-10H,11-12H2,1-5H3,(H,24,27). The molecule has 0 saturated heterocycles. The number of aromatic nitrogens is 2. The minimum atomic E-state index is -3.25. The lowest BCUT2D eigenvalue weighted by molar-refractivity contribution is 0.102. The second-order valence-corrected chi connectivity index (χ2v) is 10.3. The van der Waals surface area contributed by atoms with Crippen molar-refractivity contribution < 1.29 is 13.2 Å². The fraction of sp³-hybridized carbons (Fsp3) is 0.304. The van der Waals surface area contributed by atoms with E-state index in [2.05, 4.69) is 10.4 Å². The van der Waals surface area contributed by atoms with Crippen LogP contribution in [0.2, 0.25) is 0 Å². The summed E-state index contributed by atoms with van der Waals surface area (Å²) in [6.45, 7) is 9.85. The Balaban J connectivity index is 1.83. The normalized spacial score (nSPS) is 14.6. The predicted octanol–water partition coefficient (Wildman–Crippen LogP) is 4.10. The highest BCUT2D eigenvalue weighted by molar-refractivity contribution is 7.90. The van der Waals surface area contributed by atoms with E-state index in [-0.39, 0.29) is 17.4 Å². The first kappa shape index (κ1) is 20.3. The molecule has 1 aliphatic rings. The fourth-order valence-electron chi connectivity index (χ4n) is 4.12. The predicted molar refractivity (Wildman–Crippen MR) is 118 cm³/mol. The smallest absolute Gasteiger partial charge is 0.257 e. The number of rotatable bonds is 3. The number of aryl methyl sites for hydroxylation is 5. The number of amides is 1. The Morgan fingerprint density at radius 2 is 1.60 bits per heavy atom. The van der Waals surface area contributed by atoms with Crippen molar-refractivity contribution in [2.45, 2.75) is 46.1 Å². The number of anilines is 1. The Labute approximate surface area is 176 Å². The summed E-state index contributed by atoms with van der Waals surface area (Å²) in [6.07, 6.45) is 0. The molecule has 4 rings (SSSR count). The zero-order valence-corrected chi connectivity index (χ0v) is 18.6. The number of hydrogen-bond acceptors (Lipinski definition) is 4. The van der Waals surface area contributed by atoms with Crippen molar-refractivity contribution in [2.24, 2.45) is 0 Å². The van der Waals surface area contributed by atoms with Gasteiger partial charge < -0.3 is 5.32 Å². The monoisotopic (exact) mass is 423 g/mol. The molecule has 0 spiro atoms. The van der Waals surface area contributed by atoms with Crippen molar-refractivity contribution in [2.75, 3.05) is 5.32 Å². The molecule has 0 bridgehead atoms. The summed E-state index contributed by atoms with van der Waals surface area (Å²) in [5, 5.41) is 7.53. The zero-order valence-electron chi connectivity index (χ0n) is 17.8. The highest BCUT2D eigenvalue weighted by atomic mass is 32.2. The Bertz CT molecular complexity index is 1280. The molecular formula is C23H25N3O3S. The molecule has 156 valence electrons. The maximum absolute atomic E-state index is 13.2. The van der Waals surface area contributed by atoms with Gasteiger partial charge in [0.15, 0.2) is 9.84 Å². The molecule has 3 aromatic rings. The van der Waals surface area contributed by atoms with Crippen LogP contribution >= 0.6 is 0 Å². The molecule has 0 aliphatic carbocycles. The Kier molecular flexibility index (Phi) is 4.81. The molecule has 1 aromatic heterocycles. The van der Waals surface area contributed by atoms with Crippen molar-refractivity contribution in [1.29, 1.82) is 0 Å². The minimum absolute atomic E-state index is 0.106. The zero-order chi connectivity index (χ0) is 21.8. The van der Waals surface area contributed by atoms with Crippen molar-refractivity contribution in [3.05, 3.63) is 75.0 Å². The number of carbonyl (C=O) groups is 1. The van der Waals surface area contributed by atoms with Crippen LogP contribution in [0.1, 0.15) is 49.4 Å². The number of fused-ring (bicyclic) bond motifs is 1. The summed E-state index contributed by atoms with van der Waals surface area (Å²) in [4.78, 5) is 13.2. The maximum Gasteiger partial charge on any atom is 0.257 e. The Morgan fingerprint density at radius 1 is 0.933 bits per heavy atom. The lowest BCUT2D eigenvalue weighted by atomic mass is 9.99. The van der Waals surface area contributed by atoms with Gasteiger partial charge in [-0.05, 0) is 69.0 Å². The van der Waals surface area contributed by atoms with E-state index in [1.54, 1.807) is 4.68 Å². The molecule has 1 aliphatic heterocycles. The van der Waals surface area contributed by atoms with E-state index in [4.69, 9.17) is 0 Å². The molecule has 0 unspecified atom stereocenters. The first-order chi connectivity index (χ1) is 14.1. The van der Waals surface area contributed by atoms with Gasteiger partial charge in [0.25, 0.3) is 5.91 Å². The molecule has 0 saturated carbocycles. The number of sulfone groups is 1. The van der Waals surface area contributed by atoms with Crippen LogP contribution in [0.25, 0.3) is 5.69 Å². The lowest BCUT2D eigenvalue weighted by Crippen LogP contribution is -2.19. The van der Waals surface area contributed by atoms with Gasteiger partial charge >= 0.3 is 0 Å². The van der Waals surface area contributed by atoms with Crippen LogP contribution in [-0.4, -0.2) is 24.1 Å². The molecule has 0 fully saturated rings. The van der Waals surface area contributed by atoms with Gasteiger partial charge in [-0.25, -0.2) is 13.1 Å². The number of carbonyl (C=O) groups excluding carboxylic acids is 1. The molecule has 7 heteroatoms. The summed E-state index contributed by atoms with van der Waals surface area (Å²) in [7, 11) is -3.25. The first-order valence-electron chi connectivity index (χ1n) is 9.84. The molecular weight excluding hydrogens is 398 g/mol. The molecule has 1 N–H and O–H groups in total. The van der Waals surface area contributed by atoms with E-state index >= 15 is 0 Å². The largest absolute Gasteiger partial charge is 0.306 e. The van der Waals surface area contributed by atoms with Gasteiger partial charge in [0.1, 0.15) is 5.82 Å². The van der Waals surface area contributed by atoms with Gasteiger partial charge in [0.2, 0.25) is 0 Å². The second-order valence-electron chi connectivity index (χ2n) is 8.21. The third-order valence-electron chi connectivity index (χ3n) is 5.66. The van der Waals surface area contributed by atoms with Crippen molar-refractivity contribution in [3.8, 4) is 5.69 Å². The molecule has 0 atom stereocenters. The van der Waals surface area contributed by atoms with E-state index in [1.165, 1.54) is 0 Å². The van der Waals surface area contributed by atoms with Crippen LogP contribution < -0.4 is 5.32 Å². The van der Waals surface area contributed by atoms with Gasteiger partial charge in [-0.3, -0.25) is 4.79 Å². The number of nitrogens with one attached hydrogen (secondary N) is 1. The van der Waals surface area contributed by atoms with Crippen molar-refractivity contribution in [3.63, 3.8) is 0 Å². The van der Waals surface area contributed by atoms with E-state index < -0.39 is 9.84 Å². The summed E-state index contributed by atoms with van der Waals surface area (Å²) in [5.41, 5.74) is 7.56. The lowest BCUT2D eigenvalue weighted by Gasteiger charge is -2.15. The van der Waals surface area contributed by atoms with Gasteiger partial charge in [-0.15, -0.1) is 0 Å².